The Kier molecular flexibility index (Phi) is 3.50. The predicted octanol–water partition coefficient (Wildman–Crippen LogP) is 0.971. The zero-order valence-electron chi connectivity index (χ0n) is 9.96. The van der Waals surface area contributed by atoms with Gasteiger partial charge < -0.3 is 15.7 Å². The summed E-state index contributed by atoms with van der Waals surface area (Å²) in [5, 5.41) is 15.7. The van der Waals surface area contributed by atoms with E-state index in [0.717, 1.165) is 19.0 Å². The monoisotopic (exact) mass is 226 g/mol. The maximum Gasteiger partial charge on any atom is 0.305 e. The van der Waals surface area contributed by atoms with Gasteiger partial charge in [0.2, 0.25) is 0 Å². The lowest BCUT2D eigenvalue weighted by molar-refractivity contribution is -0.139. The molecule has 1 unspecified atom stereocenters. The van der Waals surface area contributed by atoms with Crippen LogP contribution in [0.15, 0.2) is 0 Å². The van der Waals surface area contributed by atoms with Crippen LogP contribution in [-0.4, -0.2) is 35.7 Å². The number of carboxylic acids is 1. The van der Waals surface area contributed by atoms with E-state index < -0.39 is 5.97 Å². The van der Waals surface area contributed by atoms with E-state index in [-0.39, 0.29) is 12.0 Å². The van der Waals surface area contributed by atoms with Gasteiger partial charge in [-0.25, -0.2) is 0 Å². The lowest BCUT2D eigenvalue weighted by Gasteiger charge is -2.45. The summed E-state index contributed by atoms with van der Waals surface area (Å²) in [4.78, 5) is 10.8. The fourth-order valence-electron chi connectivity index (χ4n) is 3.05. The molecule has 4 heteroatoms. The van der Waals surface area contributed by atoms with Crippen molar-refractivity contribution in [1.82, 2.24) is 10.6 Å². The second kappa shape index (κ2) is 4.72. The van der Waals surface area contributed by atoms with Crippen molar-refractivity contribution in [2.45, 2.75) is 50.6 Å². The van der Waals surface area contributed by atoms with Crippen LogP contribution in [0.5, 0.6) is 0 Å². The van der Waals surface area contributed by atoms with Gasteiger partial charge in [-0.05, 0) is 25.7 Å². The van der Waals surface area contributed by atoms with Gasteiger partial charge in [0.1, 0.15) is 0 Å². The second-order valence-corrected chi connectivity index (χ2v) is 5.43. The molecule has 2 rings (SSSR count). The molecule has 0 aromatic rings. The fraction of sp³-hybridized carbons (Fsp3) is 0.917. The highest BCUT2D eigenvalue weighted by molar-refractivity contribution is 5.68. The van der Waals surface area contributed by atoms with E-state index >= 15 is 0 Å². The standard InChI is InChI=1S/C12H22N2O2/c1-9(10-4-2-3-5-10)14-12(6-11(15)16)7-13-8-12/h9-10,13-14H,2-8H2,1H3,(H,15,16). The van der Waals surface area contributed by atoms with E-state index in [1.54, 1.807) is 0 Å². The molecule has 0 spiro atoms. The summed E-state index contributed by atoms with van der Waals surface area (Å²) in [6.45, 7) is 3.78. The number of hydrogen-bond donors (Lipinski definition) is 3. The Labute approximate surface area is 96.8 Å². The first-order chi connectivity index (χ1) is 7.61. The molecule has 92 valence electrons. The normalized spacial score (nSPS) is 26.3. The highest BCUT2D eigenvalue weighted by atomic mass is 16.4. The predicted molar refractivity (Wildman–Crippen MR) is 62.4 cm³/mol. The minimum absolute atomic E-state index is 0.187. The molecular weight excluding hydrogens is 204 g/mol. The Morgan fingerprint density at radius 3 is 2.56 bits per heavy atom. The van der Waals surface area contributed by atoms with Crippen LogP contribution in [0.1, 0.15) is 39.0 Å². The molecule has 16 heavy (non-hydrogen) atoms. The molecule has 1 atom stereocenters. The van der Waals surface area contributed by atoms with Crippen molar-refractivity contribution in [3.63, 3.8) is 0 Å². The van der Waals surface area contributed by atoms with Crippen molar-refractivity contribution in [3.8, 4) is 0 Å². The smallest absolute Gasteiger partial charge is 0.305 e. The lowest BCUT2D eigenvalue weighted by atomic mass is 9.85. The topological polar surface area (TPSA) is 61.4 Å². The van der Waals surface area contributed by atoms with Gasteiger partial charge in [-0.1, -0.05) is 12.8 Å². The van der Waals surface area contributed by atoms with E-state index in [4.69, 9.17) is 5.11 Å². The second-order valence-electron chi connectivity index (χ2n) is 5.43. The number of aliphatic carboxylic acids is 1. The summed E-state index contributed by atoms with van der Waals surface area (Å²) in [5.74, 6) is 0.0406. The van der Waals surface area contributed by atoms with Crippen molar-refractivity contribution in [2.24, 2.45) is 5.92 Å². The Balaban J connectivity index is 1.87. The summed E-state index contributed by atoms with van der Waals surface area (Å²) in [5.41, 5.74) is -0.187. The lowest BCUT2D eigenvalue weighted by Crippen LogP contribution is -2.70. The highest BCUT2D eigenvalue weighted by Crippen LogP contribution is 2.29. The maximum atomic E-state index is 10.8. The summed E-state index contributed by atoms with van der Waals surface area (Å²) in [7, 11) is 0. The average Bonchev–Trinajstić information content (AvgIpc) is 2.66. The van der Waals surface area contributed by atoms with Gasteiger partial charge in [0.25, 0.3) is 0 Å². The summed E-state index contributed by atoms with van der Waals surface area (Å²) < 4.78 is 0. The molecule has 3 N–H and O–H groups in total. The molecule has 2 aliphatic rings. The van der Waals surface area contributed by atoms with Crippen molar-refractivity contribution in [2.75, 3.05) is 13.1 Å². The van der Waals surface area contributed by atoms with Gasteiger partial charge in [0.15, 0.2) is 0 Å². The van der Waals surface area contributed by atoms with E-state index in [0.29, 0.717) is 6.04 Å². The van der Waals surface area contributed by atoms with Gasteiger partial charge in [-0.15, -0.1) is 0 Å². The highest BCUT2D eigenvalue weighted by Gasteiger charge is 2.41. The number of nitrogens with one attached hydrogen (secondary N) is 2. The Morgan fingerprint density at radius 1 is 1.50 bits per heavy atom. The number of carboxylic acid groups (broad SMARTS) is 1. The van der Waals surface area contributed by atoms with Crippen LogP contribution in [0.3, 0.4) is 0 Å². The van der Waals surface area contributed by atoms with Crippen LogP contribution in [0.2, 0.25) is 0 Å². The molecule has 0 aromatic carbocycles. The minimum atomic E-state index is -0.701. The van der Waals surface area contributed by atoms with Crippen LogP contribution in [0, 0.1) is 5.92 Å². The van der Waals surface area contributed by atoms with Crippen LogP contribution in [0.4, 0.5) is 0 Å². The van der Waals surface area contributed by atoms with Gasteiger partial charge >= 0.3 is 5.97 Å². The molecule has 0 aromatic heterocycles. The molecular formula is C12H22N2O2. The van der Waals surface area contributed by atoms with Crippen LogP contribution in [-0.2, 0) is 4.79 Å². The molecule has 1 saturated carbocycles. The third-order valence-electron chi connectivity index (χ3n) is 4.06. The molecule has 1 saturated heterocycles. The van der Waals surface area contributed by atoms with Gasteiger partial charge in [0.05, 0.1) is 12.0 Å². The number of carbonyl (C=O) groups is 1. The number of hydrogen-bond acceptors (Lipinski definition) is 3. The molecule has 0 amide bonds. The third-order valence-corrected chi connectivity index (χ3v) is 4.06. The van der Waals surface area contributed by atoms with E-state index in [1.165, 1.54) is 25.7 Å². The largest absolute Gasteiger partial charge is 0.481 e. The van der Waals surface area contributed by atoms with Crippen molar-refractivity contribution in [3.05, 3.63) is 0 Å². The van der Waals surface area contributed by atoms with Gasteiger partial charge in [-0.3, -0.25) is 4.79 Å². The molecule has 1 aliphatic carbocycles. The maximum absolute atomic E-state index is 10.8. The average molecular weight is 226 g/mol. The Morgan fingerprint density at radius 2 is 2.12 bits per heavy atom. The zero-order valence-corrected chi connectivity index (χ0v) is 9.96. The summed E-state index contributed by atoms with van der Waals surface area (Å²) >= 11 is 0. The van der Waals surface area contributed by atoms with Crippen molar-refractivity contribution in [1.29, 1.82) is 0 Å². The number of rotatable bonds is 5. The minimum Gasteiger partial charge on any atom is -0.481 e. The first-order valence-electron chi connectivity index (χ1n) is 6.31. The molecule has 1 aliphatic heterocycles. The Bertz CT molecular complexity index is 258. The molecule has 0 radical (unpaired) electrons. The Hall–Kier alpha value is -0.610. The molecule has 2 fully saturated rings. The van der Waals surface area contributed by atoms with E-state index in [1.807, 2.05) is 0 Å². The SMILES string of the molecule is CC(NC1(CC(=O)O)CNC1)C1CCCC1. The van der Waals surface area contributed by atoms with Crippen molar-refractivity contribution < 1.29 is 9.90 Å². The first-order valence-corrected chi connectivity index (χ1v) is 6.31. The summed E-state index contributed by atoms with van der Waals surface area (Å²) in [6.07, 6.45) is 5.49. The van der Waals surface area contributed by atoms with E-state index in [2.05, 4.69) is 17.6 Å². The third kappa shape index (κ3) is 2.55. The van der Waals surface area contributed by atoms with Crippen molar-refractivity contribution >= 4 is 5.97 Å². The van der Waals surface area contributed by atoms with Crippen LogP contribution >= 0.6 is 0 Å². The fourth-order valence-corrected chi connectivity index (χ4v) is 3.05. The molecule has 4 nitrogen and oxygen atoms in total. The van der Waals surface area contributed by atoms with Crippen LogP contribution in [0.25, 0.3) is 0 Å². The first kappa shape index (κ1) is 11.9. The quantitative estimate of drug-likeness (QED) is 0.654. The summed E-state index contributed by atoms with van der Waals surface area (Å²) in [6, 6.07) is 0.448. The van der Waals surface area contributed by atoms with Gasteiger partial charge in [-0.2, -0.15) is 0 Å². The van der Waals surface area contributed by atoms with E-state index in [9.17, 15) is 4.79 Å². The van der Waals surface area contributed by atoms with Crippen LogP contribution < -0.4 is 10.6 Å². The van der Waals surface area contributed by atoms with Gasteiger partial charge in [0, 0.05) is 19.1 Å². The molecule has 1 heterocycles. The molecule has 0 bridgehead atoms. The zero-order chi connectivity index (χ0) is 11.6.